The second-order valence-electron chi connectivity index (χ2n) is 8.92. The van der Waals surface area contributed by atoms with Crippen LogP contribution in [-0.4, -0.2) is 28.6 Å². The number of halogens is 2. The molecule has 0 bridgehead atoms. The van der Waals surface area contributed by atoms with Gasteiger partial charge >= 0.3 is 5.97 Å². The first-order chi connectivity index (χ1) is 19.2. The van der Waals surface area contributed by atoms with E-state index >= 15 is 0 Å². The van der Waals surface area contributed by atoms with Crippen LogP contribution in [0.4, 0.5) is 10.1 Å². The summed E-state index contributed by atoms with van der Waals surface area (Å²) in [5.74, 6) is -1.47. The van der Waals surface area contributed by atoms with Gasteiger partial charge in [-0.2, -0.15) is 10.1 Å². The van der Waals surface area contributed by atoms with Crippen LogP contribution in [0.1, 0.15) is 39.0 Å². The molecule has 1 aromatic heterocycles. The number of amides is 2. The Bertz CT molecular complexity index is 1710. The molecule has 5 rings (SSSR count). The van der Waals surface area contributed by atoms with E-state index in [4.69, 9.17) is 16.0 Å². The van der Waals surface area contributed by atoms with E-state index in [1.807, 2.05) is 0 Å². The Balaban J connectivity index is 1.34. The third-order valence-electron chi connectivity index (χ3n) is 6.18. The lowest BCUT2D eigenvalue weighted by Crippen LogP contribution is -2.23. The first-order valence-electron chi connectivity index (χ1n) is 12.1. The molecule has 2 amide bonds. The Morgan fingerprint density at radius 1 is 1.07 bits per heavy atom. The maximum absolute atomic E-state index is 13.1. The predicted octanol–water partition coefficient (Wildman–Crippen LogP) is 6.17. The van der Waals surface area contributed by atoms with Gasteiger partial charge in [0.25, 0.3) is 11.8 Å². The van der Waals surface area contributed by atoms with Gasteiger partial charge in [0.2, 0.25) is 0 Å². The van der Waals surface area contributed by atoms with Crippen molar-refractivity contribution >= 4 is 46.9 Å². The summed E-state index contributed by atoms with van der Waals surface area (Å²) >= 11 is 6.28. The van der Waals surface area contributed by atoms with Crippen molar-refractivity contribution in [2.24, 2.45) is 5.10 Å². The Hall–Kier alpha value is -5.02. The Labute approximate surface area is 233 Å². The van der Waals surface area contributed by atoms with Crippen LogP contribution < -0.4 is 10.3 Å². The quantitative estimate of drug-likeness (QED) is 0.264. The largest absolute Gasteiger partial charge is 0.478 e. The molecule has 0 unspecified atom stereocenters. The van der Waals surface area contributed by atoms with Crippen molar-refractivity contribution < 1.29 is 28.3 Å². The smallest absolute Gasteiger partial charge is 0.335 e. The summed E-state index contributed by atoms with van der Waals surface area (Å²) < 4.78 is 19.1. The third kappa shape index (κ3) is 5.55. The highest BCUT2D eigenvalue weighted by atomic mass is 35.5. The third-order valence-corrected chi connectivity index (χ3v) is 6.51. The van der Waals surface area contributed by atoms with Crippen molar-refractivity contribution in [2.45, 2.75) is 13.5 Å². The minimum atomic E-state index is -1.11. The monoisotopic (exact) mass is 557 g/mol. The van der Waals surface area contributed by atoms with Crippen LogP contribution >= 0.6 is 11.6 Å². The number of carbonyl (C=O) groups excluding carboxylic acids is 2. The summed E-state index contributed by atoms with van der Waals surface area (Å²) in [6.45, 7) is 1.87. The van der Waals surface area contributed by atoms with Gasteiger partial charge in [-0.25, -0.2) is 9.18 Å². The van der Waals surface area contributed by atoms with E-state index < -0.39 is 17.8 Å². The zero-order valence-electron chi connectivity index (χ0n) is 21.0. The molecule has 2 N–H and O–H groups in total. The van der Waals surface area contributed by atoms with E-state index in [0.717, 1.165) is 10.6 Å². The van der Waals surface area contributed by atoms with Gasteiger partial charge in [0.05, 0.1) is 33.1 Å². The van der Waals surface area contributed by atoms with Crippen LogP contribution in [0.15, 0.2) is 94.0 Å². The lowest BCUT2D eigenvalue weighted by Gasteiger charge is -2.12. The van der Waals surface area contributed by atoms with Gasteiger partial charge in [-0.05, 0) is 79.2 Å². The molecule has 0 spiro atoms. The molecule has 2 heterocycles. The topological polar surface area (TPSA) is 112 Å². The van der Waals surface area contributed by atoms with Crippen molar-refractivity contribution in [1.82, 2.24) is 5.32 Å². The minimum absolute atomic E-state index is 0.0396. The zero-order valence-corrected chi connectivity index (χ0v) is 21.8. The fraction of sp³-hybridized carbons (Fsp3) is 0.0667. The lowest BCUT2D eigenvalue weighted by atomic mass is 10.1. The Morgan fingerprint density at radius 3 is 2.60 bits per heavy atom. The summed E-state index contributed by atoms with van der Waals surface area (Å²) in [6.07, 6.45) is 1.55. The molecule has 0 saturated heterocycles. The second-order valence-corrected chi connectivity index (χ2v) is 9.33. The highest BCUT2D eigenvalue weighted by molar-refractivity contribution is 6.34. The summed E-state index contributed by atoms with van der Waals surface area (Å²) in [5.41, 5.74) is 2.67. The molecular formula is C30H21ClFN3O5. The van der Waals surface area contributed by atoms with E-state index in [1.54, 1.807) is 67.6 Å². The molecular weight excluding hydrogens is 537 g/mol. The SMILES string of the molecule is CC1=NN(c2cccc(C(=O)O)c2)C(=O)/C1=C/c1ccc(-c2ccc(Cl)c(C(=O)NCc3ccc(F)cc3)c2)o1. The lowest BCUT2D eigenvalue weighted by molar-refractivity contribution is -0.114. The van der Waals surface area contributed by atoms with Crippen molar-refractivity contribution in [3.05, 3.63) is 118 Å². The number of nitrogens with one attached hydrogen (secondary N) is 1. The minimum Gasteiger partial charge on any atom is -0.478 e. The average Bonchev–Trinajstić information content (AvgIpc) is 3.53. The molecule has 3 aromatic carbocycles. The normalized spacial score (nSPS) is 14.0. The number of hydrogen-bond acceptors (Lipinski definition) is 5. The summed E-state index contributed by atoms with van der Waals surface area (Å²) in [7, 11) is 0. The number of anilines is 1. The Kier molecular flexibility index (Phi) is 7.31. The molecule has 4 aromatic rings. The standard InChI is InChI=1S/C30H21ClFN3O5/c1-17-24(29(37)35(34-17)22-4-2-3-20(13-22)30(38)39)15-23-10-12-27(40-23)19-7-11-26(31)25(14-19)28(36)33-16-18-5-8-21(32)9-6-18/h2-15H,16H2,1H3,(H,33,36)(H,38,39)/b24-15+. The first-order valence-corrected chi connectivity index (χ1v) is 12.4. The number of hydrogen-bond donors (Lipinski definition) is 2. The van der Waals surface area contributed by atoms with Gasteiger partial charge in [-0.1, -0.05) is 29.8 Å². The highest BCUT2D eigenvalue weighted by Gasteiger charge is 2.29. The summed E-state index contributed by atoms with van der Waals surface area (Å²) in [6, 6.07) is 20.0. The van der Waals surface area contributed by atoms with Crippen LogP contribution in [0.3, 0.4) is 0 Å². The van der Waals surface area contributed by atoms with Crippen LogP contribution in [0.2, 0.25) is 5.02 Å². The fourth-order valence-corrected chi connectivity index (χ4v) is 4.29. The van der Waals surface area contributed by atoms with Gasteiger partial charge in [-0.15, -0.1) is 0 Å². The molecule has 8 nitrogen and oxygen atoms in total. The summed E-state index contributed by atoms with van der Waals surface area (Å²) in [5, 5.41) is 17.7. The van der Waals surface area contributed by atoms with Crippen molar-refractivity contribution in [2.75, 3.05) is 5.01 Å². The number of carboxylic acids is 1. The van der Waals surface area contributed by atoms with Gasteiger partial charge in [0, 0.05) is 12.1 Å². The number of benzene rings is 3. The maximum atomic E-state index is 13.1. The number of furan rings is 1. The van der Waals surface area contributed by atoms with E-state index in [0.29, 0.717) is 34.1 Å². The van der Waals surface area contributed by atoms with Gasteiger partial charge < -0.3 is 14.8 Å². The summed E-state index contributed by atoms with van der Waals surface area (Å²) in [4.78, 5) is 37.2. The second kappa shape index (κ2) is 11.0. The van der Waals surface area contributed by atoms with Gasteiger partial charge in [-0.3, -0.25) is 9.59 Å². The molecule has 0 fully saturated rings. The molecule has 10 heteroatoms. The maximum Gasteiger partial charge on any atom is 0.335 e. The molecule has 1 aliphatic heterocycles. The van der Waals surface area contributed by atoms with Gasteiger partial charge in [0.15, 0.2) is 0 Å². The Morgan fingerprint density at radius 2 is 1.85 bits per heavy atom. The molecule has 1 aliphatic rings. The first kappa shape index (κ1) is 26.6. The number of carbonyl (C=O) groups is 3. The molecule has 40 heavy (non-hydrogen) atoms. The van der Waals surface area contributed by atoms with Crippen LogP contribution in [0, 0.1) is 5.82 Å². The molecule has 0 atom stereocenters. The molecule has 200 valence electrons. The van der Waals surface area contributed by atoms with Crippen molar-refractivity contribution in [3.8, 4) is 11.3 Å². The highest BCUT2D eigenvalue weighted by Crippen LogP contribution is 2.30. The van der Waals surface area contributed by atoms with E-state index in [1.165, 1.54) is 24.3 Å². The van der Waals surface area contributed by atoms with E-state index in [-0.39, 0.29) is 28.5 Å². The zero-order chi connectivity index (χ0) is 28.4. The van der Waals surface area contributed by atoms with E-state index in [2.05, 4.69) is 10.4 Å². The van der Waals surface area contributed by atoms with Crippen LogP contribution in [-0.2, 0) is 11.3 Å². The number of aromatic carboxylic acids is 1. The predicted molar refractivity (Wildman–Crippen MR) is 149 cm³/mol. The van der Waals surface area contributed by atoms with Crippen molar-refractivity contribution in [3.63, 3.8) is 0 Å². The van der Waals surface area contributed by atoms with E-state index in [9.17, 15) is 23.9 Å². The fourth-order valence-electron chi connectivity index (χ4n) is 4.09. The van der Waals surface area contributed by atoms with Crippen LogP contribution in [0.5, 0.6) is 0 Å². The number of hydrazone groups is 1. The number of rotatable bonds is 7. The van der Waals surface area contributed by atoms with Crippen LogP contribution in [0.25, 0.3) is 17.4 Å². The molecule has 0 radical (unpaired) electrons. The number of carboxylic acid groups (broad SMARTS) is 1. The van der Waals surface area contributed by atoms with Crippen molar-refractivity contribution in [1.29, 1.82) is 0 Å². The molecule has 0 saturated carbocycles. The molecule has 0 aliphatic carbocycles. The van der Waals surface area contributed by atoms with Gasteiger partial charge in [0.1, 0.15) is 17.3 Å². The number of nitrogens with zero attached hydrogens (tertiary/aromatic N) is 2. The average molecular weight is 558 g/mol.